The Labute approximate surface area is 50.6 Å². The summed E-state index contributed by atoms with van der Waals surface area (Å²) in [4.78, 5) is 0. The van der Waals surface area contributed by atoms with Crippen LogP contribution in [0.4, 0.5) is 0 Å². The third-order valence-electron chi connectivity index (χ3n) is 2.66. The lowest BCUT2D eigenvalue weighted by Gasteiger charge is -1.96. The van der Waals surface area contributed by atoms with E-state index in [1.807, 2.05) is 0 Å². The molecule has 44 valence electrons. The van der Waals surface area contributed by atoms with Crippen LogP contribution in [0.2, 0.25) is 0 Å². The van der Waals surface area contributed by atoms with Crippen LogP contribution in [-0.2, 0) is 0 Å². The van der Waals surface area contributed by atoms with Gasteiger partial charge in [-0.2, -0.15) is 0 Å². The average molecular weight is 108 g/mol. The van der Waals surface area contributed by atoms with Gasteiger partial charge in [0.15, 0.2) is 0 Å². The van der Waals surface area contributed by atoms with E-state index >= 15 is 0 Å². The van der Waals surface area contributed by atoms with Crippen molar-refractivity contribution in [3.8, 4) is 0 Å². The number of hydrogen-bond acceptors (Lipinski definition) is 0. The van der Waals surface area contributed by atoms with E-state index in [9.17, 15) is 0 Å². The largest absolute Gasteiger partial charge is 0.0882 e. The van der Waals surface area contributed by atoms with Crippen LogP contribution in [0.1, 0.15) is 19.8 Å². The third kappa shape index (κ3) is 0.460. The quantitative estimate of drug-likeness (QED) is 0.417. The van der Waals surface area contributed by atoms with Gasteiger partial charge in [-0.05, 0) is 30.6 Å². The molecule has 3 atom stereocenters. The van der Waals surface area contributed by atoms with Gasteiger partial charge in [-0.25, -0.2) is 0 Å². The van der Waals surface area contributed by atoms with Crippen LogP contribution in [0.5, 0.6) is 0 Å². The smallest absolute Gasteiger partial charge is 0.0174 e. The predicted octanol–water partition coefficient (Wildman–Crippen LogP) is 2.22. The second kappa shape index (κ2) is 1.37. The minimum atomic E-state index is 0.990. The van der Waals surface area contributed by atoms with E-state index in [0.717, 1.165) is 17.8 Å². The molecule has 1 fully saturated rings. The topological polar surface area (TPSA) is 0 Å². The van der Waals surface area contributed by atoms with Gasteiger partial charge in [0.1, 0.15) is 0 Å². The summed E-state index contributed by atoms with van der Waals surface area (Å²) in [6, 6.07) is 0. The molecule has 0 saturated heterocycles. The molecule has 0 unspecified atom stereocenters. The fourth-order valence-electron chi connectivity index (χ4n) is 1.89. The van der Waals surface area contributed by atoms with Gasteiger partial charge in [0.05, 0.1) is 0 Å². The summed E-state index contributed by atoms with van der Waals surface area (Å²) in [7, 11) is 0. The molecule has 2 aliphatic carbocycles. The SMILES string of the molecule is C[C@@H]1[C@H]2C=CCC[C@@H]12. The zero-order valence-electron chi connectivity index (χ0n) is 5.30. The summed E-state index contributed by atoms with van der Waals surface area (Å²) in [5, 5.41) is 0. The van der Waals surface area contributed by atoms with Crippen molar-refractivity contribution in [1.82, 2.24) is 0 Å². The van der Waals surface area contributed by atoms with E-state index < -0.39 is 0 Å². The Bertz CT molecular complexity index is 124. The van der Waals surface area contributed by atoms with Gasteiger partial charge in [-0.1, -0.05) is 19.1 Å². The molecule has 0 aromatic carbocycles. The highest BCUT2D eigenvalue weighted by molar-refractivity contribution is 5.10. The lowest BCUT2D eigenvalue weighted by Crippen LogP contribution is -1.83. The van der Waals surface area contributed by atoms with Gasteiger partial charge in [0.2, 0.25) is 0 Å². The van der Waals surface area contributed by atoms with Gasteiger partial charge in [0, 0.05) is 0 Å². The summed E-state index contributed by atoms with van der Waals surface area (Å²) >= 11 is 0. The summed E-state index contributed by atoms with van der Waals surface area (Å²) in [6.45, 7) is 2.37. The van der Waals surface area contributed by atoms with Crippen molar-refractivity contribution in [3.63, 3.8) is 0 Å². The highest BCUT2D eigenvalue weighted by Gasteiger charge is 2.44. The van der Waals surface area contributed by atoms with Crippen LogP contribution in [0, 0.1) is 17.8 Å². The Morgan fingerprint density at radius 2 is 2.38 bits per heavy atom. The van der Waals surface area contributed by atoms with E-state index in [-0.39, 0.29) is 0 Å². The molecule has 0 nitrogen and oxygen atoms in total. The van der Waals surface area contributed by atoms with Gasteiger partial charge in [-0.15, -0.1) is 0 Å². The summed E-state index contributed by atoms with van der Waals surface area (Å²) in [5.41, 5.74) is 0. The molecule has 2 rings (SSSR count). The second-order valence-electron chi connectivity index (χ2n) is 3.11. The number of rotatable bonds is 0. The first-order chi connectivity index (χ1) is 3.89. The zero-order valence-corrected chi connectivity index (χ0v) is 5.30. The van der Waals surface area contributed by atoms with Crippen LogP contribution in [0.25, 0.3) is 0 Å². The van der Waals surface area contributed by atoms with Crippen molar-refractivity contribution in [1.29, 1.82) is 0 Å². The normalized spacial score (nSPS) is 50.9. The van der Waals surface area contributed by atoms with Crippen molar-refractivity contribution in [3.05, 3.63) is 12.2 Å². The van der Waals surface area contributed by atoms with Gasteiger partial charge in [0.25, 0.3) is 0 Å². The molecule has 0 amide bonds. The predicted molar refractivity (Wildman–Crippen MR) is 34.5 cm³/mol. The monoisotopic (exact) mass is 108 g/mol. The van der Waals surface area contributed by atoms with E-state index in [1.54, 1.807) is 0 Å². The molecule has 1 saturated carbocycles. The minimum Gasteiger partial charge on any atom is -0.0882 e. The molecule has 0 aromatic heterocycles. The van der Waals surface area contributed by atoms with Crippen molar-refractivity contribution < 1.29 is 0 Å². The first-order valence-electron chi connectivity index (χ1n) is 3.56. The number of hydrogen-bond donors (Lipinski definition) is 0. The van der Waals surface area contributed by atoms with Crippen LogP contribution < -0.4 is 0 Å². The van der Waals surface area contributed by atoms with Crippen molar-refractivity contribution in [2.75, 3.05) is 0 Å². The molecule has 2 aliphatic rings. The van der Waals surface area contributed by atoms with Gasteiger partial charge < -0.3 is 0 Å². The Morgan fingerprint density at radius 1 is 1.50 bits per heavy atom. The van der Waals surface area contributed by atoms with Crippen molar-refractivity contribution in [2.24, 2.45) is 17.8 Å². The highest BCUT2D eigenvalue weighted by Crippen LogP contribution is 2.51. The standard InChI is InChI=1S/C8H12/c1-6-7-4-2-3-5-8(6)7/h2,4,6-8H,3,5H2,1H3/t6-,7-,8+/m1/s1. The highest BCUT2D eigenvalue weighted by atomic mass is 14.5. The molecule has 0 radical (unpaired) electrons. The molecule has 0 heterocycles. The van der Waals surface area contributed by atoms with E-state index in [4.69, 9.17) is 0 Å². The van der Waals surface area contributed by atoms with Gasteiger partial charge >= 0.3 is 0 Å². The first kappa shape index (κ1) is 4.60. The van der Waals surface area contributed by atoms with Crippen LogP contribution >= 0.6 is 0 Å². The molecule has 0 aliphatic heterocycles. The zero-order chi connectivity index (χ0) is 5.56. The molecule has 0 N–H and O–H groups in total. The Hall–Kier alpha value is -0.260. The van der Waals surface area contributed by atoms with E-state index in [2.05, 4.69) is 19.1 Å². The second-order valence-corrected chi connectivity index (χ2v) is 3.11. The summed E-state index contributed by atoms with van der Waals surface area (Å²) in [6.07, 6.45) is 7.54. The van der Waals surface area contributed by atoms with Crippen LogP contribution in [0.3, 0.4) is 0 Å². The van der Waals surface area contributed by atoms with Crippen molar-refractivity contribution in [2.45, 2.75) is 19.8 Å². The minimum absolute atomic E-state index is 0.990. The average Bonchev–Trinajstić information content (AvgIpc) is 2.46. The molecule has 0 spiro atoms. The Morgan fingerprint density at radius 3 is 2.88 bits per heavy atom. The molecule has 0 bridgehead atoms. The summed E-state index contributed by atoms with van der Waals surface area (Å²) in [5.74, 6) is 3.09. The van der Waals surface area contributed by atoms with E-state index in [1.165, 1.54) is 12.8 Å². The maximum absolute atomic E-state index is 2.40. The maximum atomic E-state index is 2.40. The Balaban J connectivity index is 2.12. The lowest BCUT2D eigenvalue weighted by atomic mass is 10.1. The lowest BCUT2D eigenvalue weighted by molar-refractivity contribution is 0.661. The fourth-order valence-corrected chi connectivity index (χ4v) is 1.89. The first-order valence-corrected chi connectivity index (χ1v) is 3.56. The number of fused-ring (bicyclic) bond motifs is 1. The fraction of sp³-hybridized carbons (Fsp3) is 0.750. The molecular formula is C8H12. The number of allylic oxidation sites excluding steroid dienone is 2. The molecule has 0 heteroatoms. The third-order valence-corrected chi connectivity index (χ3v) is 2.66. The van der Waals surface area contributed by atoms with Gasteiger partial charge in [-0.3, -0.25) is 0 Å². The van der Waals surface area contributed by atoms with E-state index in [0.29, 0.717) is 0 Å². The van der Waals surface area contributed by atoms with Crippen LogP contribution in [-0.4, -0.2) is 0 Å². The van der Waals surface area contributed by atoms with Crippen molar-refractivity contribution >= 4 is 0 Å². The molecule has 8 heavy (non-hydrogen) atoms. The molecule has 0 aromatic rings. The molecular weight excluding hydrogens is 96.1 g/mol. The summed E-state index contributed by atoms with van der Waals surface area (Å²) < 4.78 is 0. The maximum Gasteiger partial charge on any atom is -0.0174 e. The Kier molecular flexibility index (Phi) is 0.787. The van der Waals surface area contributed by atoms with Crippen LogP contribution in [0.15, 0.2) is 12.2 Å².